The lowest BCUT2D eigenvalue weighted by atomic mass is 9.74. The molecule has 1 amide bonds. The highest BCUT2D eigenvalue weighted by Crippen LogP contribution is 2.35. The van der Waals surface area contributed by atoms with E-state index in [1.807, 2.05) is 0 Å². The van der Waals surface area contributed by atoms with Gasteiger partial charge in [0.2, 0.25) is 0 Å². The van der Waals surface area contributed by atoms with Crippen LogP contribution in [-0.4, -0.2) is 42.3 Å². The van der Waals surface area contributed by atoms with Crippen molar-refractivity contribution in [1.29, 1.82) is 0 Å². The Hall–Kier alpha value is -0.770. The Bertz CT molecular complexity index is 219. The van der Waals surface area contributed by atoms with Gasteiger partial charge in [-0.25, -0.2) is 4.79 Å². The predicted octanol–water partition coefficient (Wildman–Crippen LogP) is 1.13. The Labute approximate surface area is 84.3 Å². The van der Waals surface area contributed by atoms with Gasteiger partial charge in [-0.15, -0.1) is 0 Å². The van der Waals surface area contributed by atoms with Crippen molar-refractivity contribution in [2.75, 3.05) is 26.2 Å². The number of amides is 1. The SMILES string of the molecule is O=C(O)N1CCCC2(CCCNC2)C1. The fraction of sp³-hybridized carbons (Fsp3) is 0.900. The van der Waals surface area contributed by atoms with Crippen LogP contribution in [0.1, 0.15) is 25.7 Å². The minimum absolute atomic E-state index is 0.245. The van der Waals surface area contributed by atoms with Crippen molar-refractivity contribution in [2.24, 2.45) is 5.41 Å². The summed E-state index contributed by atoms with van der Waals surface area (Å²) in [5, 5.41) is 12.3. The average molecular weight is 198 g/mol. The summed E-state index contributed by atoms with van der Waals surface area (Å²) in [6.45, 7) is 3.54. The summed E-state index contributed by atoms with van der Waals surface area (Å²) in [5.74, 6) is 0. The van der Waals surface area contributed by atoms with Crippen molar-refractivity contribution >= 4 is 6.09 Å². The van der Waals surface area contributed by atoms with Crippen LogP contribution in [-0.2, 0) is 0 Å². The lowest BCUT2D eigenvalue weighted by Gasteiger charge is -2.44. The van der Waals surface area contributed by atoms with Crippen molar-refractivity contribution in [3.05, 3.63) is 0 Å². The van der Waals surface area contributed by atoms with Crippen LogP contribution in [0.15, 0.2) is 0 Å². The van der Waals surface area contributed by atoms with Crippen LogP contribution in [0.5, 0.6) is 0 Å². The normalized spacial score (nSPS) is 33.3. The molecular weight excluding hydrogens is 180 g/mol. The van der Waals surface area contributed by atoms with Crippen LogP contribution in [0.3, 0.4) is 0 Å². The molecule has 0 aliphatic carbocycles. The second-order valence-electron chi connectivity index (χ2n) is 4.59. The number of piperidine rings is 2. The van der Waals surface area contributed by atoms with Gasteiger partial charge in [0.15, 0.2) is 0 Å². The van der Waals surface area contributed by atoms with Crippen molar-refractivity contribution in [1.82, 2.24) is 10.2 Å². The summed E-state index contributed by atoms with van der Waals surface area (Å²) >= 11 is 0. The van der Waals surface area contributed by atoms with Gasteiger partial charge in [0.25, 0.3) is 0 Å². The number of nitrogens with zero attached hydrogens (tertiary/aromatic N) is 1. The molecule has 2 rings (SSSR count). The van der Waals surface area contributed by atoms with E-state index in [-0.39, 0.29) is 5.41 Å². The van der Waals surface area contributed by atoms with Crippen LogP contribution < -0.4 is 5.32 Å². The third-order valence-corrected chi connectivity index (χ3v) is 3.49. The van der Waals surface area contributed by atoms with Gasteiger partial charge in [-0.1, -0.05) is 0 Å². The third-order valence-electron chi connectivity index (χ3n) is 3.49. The number of likely N-dealkylation sites (tertiary alicyclic amines) is 1. The van der Waals surface area contributed by atoms with E-state index in [0.29, 0.717) is 0 Å². The van der Waals surface area contributed by atoms with Gasteiger partial charge in [-0.2, -0.15) is 0 Å². The highest BCUT2D eigenvalue weighted by Gasteiger charge is 2.37. The Morgan fingerprint density at radius 2 is 2.14 bits per heavy atom. The van der Waals surface area contributed by atoms with Crippen molar-refractivity contribution in [3.8, 4) is 0 Å². The zero-order valence-electron chi connectivity index (χ0n) is 8.46. The molecule has 14 heavy (non-hydrogen) atoms. The molecule has 4 heteroatoms. The minimum atomic E-state index is -0.755. The van der Waals surface area contributed by atoms with E-state index in [4.69, 9.17) is 5.11 Å². The molecule has 0 bridgehead atoms. The molecule has 2 N–H and O–H groups in total. The molecule has 2 aliphatic heterocycles. The number of nitrogens with one attached hydrogen (secondary N) is 1. The molecule has 0 aromatic heterocycles. The molecule has 0 aromatic rings. The zero-order chi connectivity index (χ0) is 10.0. The predicted molar refractivity (Wildman–Crippen MR) is 53.4 cm³/mol. The zero-order valence-corrected chi connectivity index (χ0v) is 8.46. The summed E-state index contributed by atoms with van der Waals surface area (Å²) in [5.41, 5.74) is 0.245. The molecule has 0 radical (unpaired) electrons. The topological polar surface area (TPSA) is 52.6 Å². The smallest absolute Gasteiger partial charge is 0.407 e. The van der Waals surface area contributed by atoms with Crippen LogP contribution in [0.2, 0.25) is 0 Å². The summed E-state index contributed by atoms with van der Waals surface area (Å²) in [6, 6.07) is 0. The van der Waals surface area contributed by atoms with E-state index >= 15 is 0 Å². The largest absolute Gasteiger partial charge is 0.465 e. The maximum atomic E-state index is 10.9. The van der Waals surface area contributed by atoms with Gasteiger partial charge in [-0.05, 0) is 32.2 Å². The van der Waals surface area contributed by atoms with E-state index in [9.17, 15) is 4.79 Å². The lowest BCUT2D eigenvalue weighted by molar-refractivity contribution is 0.0610. The maximum Gasteiger partial charge on any atom is 0.407 e. The number of rotatable bonds is 0. The van der Waals surface area contributed by atoms with E-state index < -0.39 is 6.09 Å². The van der Waals surface area contributed by atoms with Crippen molar-refractivity contribution < 1.29 is 9.90 Å². The maximum absolute atomic E-state index is 10.9. The molecule has 4 nitrogen and oxygen atoms in total. The molecule has 0 saturated carbocycles. The average Bonchev–Trinajstić information content (AvgIpc) is 2.19. The Kier molecular flexibility index (Phi) is 2.63. The van der Waals surface area contributed by atoms with Gasteiger partial charge in [0.05, 0.1) is 0 Å². The van der Waals surface area contributed by atoms with Crippen molar-refractivity contribution in [2.45, 2.75) is 25.7 Å². The Balaban J connectivity index is 2.01. The molecule has 0 aromatic carbocycles. The van der Waals surface area contributed by atoms with Crippen LogP contribution >= 0.6 is 0 Å². The molecule has 2 fully saturated rings. The van der Waals surface area contributed by atoms with Crippen LogP contribution in [0.25, 0.3) is 0 Å². The van der Waals surface area contributed by atoms with Crippen LogP contribution in [0, 0.1) is 5.41 Å². The number of carbonyl (C=O) groups is 1. The highest BCUT2D eigenvalue weighted by atomic mass is 16.4. The number of hydrogen-bond acceptors (Lipinski definition) is 2. The minimum Gasteiger partial charge on any atom is -0.465 e. The fourth-order valence-electron chi connectivity index (χ4n) is 2.75. The first kappa shape index (κ1) is 9.77. The second kappa shape index (κ2) is 3.77. The first-order valence-corrected chi connectivity index (χ1v) is 5.41. The molecule has 1 spiro atoms. The summed E-state index contributed by atoms with van der Waals surface area (Å²) in [7, 11) is 0. The fourth-order valence-corrected chi connectivity index (χ4v) is 2.75. The molecule has 1 unspecified atom stereocenters. The Morgan fingerprint density at radius 1 is 1.36 bits per heavy atom. The van der Waals surface area contributed by atoms with E-state index in [0.717, 1.165) is 32.6 Å². The van der Waals surface area contributed by atoms with Gasteiger partial charge in [0.1, 0.15) is 0 Å². The molecule has 2 saturated heterocycles. The second-order valence-corrected chi connectivity index (χ2v) is 4.59. The standard InChI is InChI=1S/C10H18N2O2/c13-9(14)12-6-2-4-10(8-12)3-1-5-11-7-10/h11H,1-8H2,(H,13,14). The third kappa shape index (κ3) is 1.85. The molecule has 2 aliphatic rings. The van der Waals surface area contributed by atoms with Crippen LogP contribution in [0.4, 0.5) is 4.79 Å². The highest BCUT2D eigenvalue weighted by molar-refractivity contribution is 5.65. The first-order valence-electron chi connectivity index (χ1n) is 5.41. The monoisotopic (exact) mass is 198 g/mol. The van der Waals surface area contributed by atoms with E-state index in [2.05, 4.69) is 5.32 Å². The summed E-state index contributed by atoms with van der Waals surface area (Å²) in [6.07, 6.45) is 3.82. The Morgan fingerprint density at radius 3 is 2.79 bits per heavy atom. The summed E-state index contributed by atoms with van der Waals surface area (Å²) in [4.78, 5) is 12.5. The molecular formula is C10H18N2O2. The van der Waals surface area contributed by atoms with E-state index in [1.165, 1.54) is 19.3 Å². The molecule has 80 valence electrons. The lowest BCUT2D eigenvalue weighted by Crippen LogP contribution is -2.52. The van der Waals surface area contributed by atoms with Gasteiger partial charge < -0.3 is 15.3 Å². The van der Waals surface area contributed by atoms with Gasteiger partial charge in [0, 0.05) is 25.0 Å². The summed E-state index contributed by atoms with van der Waals surface area (Å²) < 4.78 is 0. The number of hydrogen-bond donors (Lipinski definition) is 2. The first-order chi connectivity index (χ1) is 6.72. The number of carboxylic acid groups (broad SMARTS) is 1. The molecule has 1 atom stereocenters. The quantitative estimate of drug-likeness (QED) is 0.613. The molecule has 2 heterocycles. The van der Waals surface area contributed by atoms with Gasteiger partial charge in [-0.3, -0.25) is 0 Å². The van der Waals surface area contributed by atoms with E-state index in [1.54, 1.807) is 4.90 Å². The van der Waals surface area contributed by atoms with Crippen molar-refractivity contribution in [3.63, 3.8) is 0 Å². The van der Waals surface area contributed by atoms with Gasteiger partial charge >= 0.3 is 6.09 Å².